The number of carbonyl (C=O) groups excluding carboxylic acids is 1. The number of H-pyrrole nitrogens is 1. The number of aromatic amines is 1. The Morgan fingerprint density at radius 3 is 2.71 bits per heavy atom. The molecule has 4 nitrogen and oxygen atoms in total. The first-order chi connectivity index (χ1) is 14.8. The van der Waals surface area contributed by atoms with Crippen LogP contribution in [0.3, 0.4) is 0 Å². The molecular formula is C23H22ClF3N2O2. The van der Waals surface area contributed by atoms with Crippen LogP contribution in [0.15, 0.2) is 48.7 Å². The van der Waals surface area contributed by atoms with Crippen molar-refractivity contribution in [3.63, 3.8) is 0 Å². The maximum Gasteiger partial charge on any atom is 0.416 e. The molecule has 164 valence electrons. The molecule has 1 fully saturated rings. The summed E-state index contributed by atoms with van der Waals surface area (Å²) in [5.74, 6) is 0.579. The van der Waals surface area contributed by atoms with Crippen LogP contribution >= 0.6 is 11.6 Å². The van der Waals surface area contributed by atoms with E-state index < -0.39 is 17.8 Å². The van der Waals surface area contributed by atoms with Crippen LogP contribution in [0.25, 0.3) is 10.9 Å². The normalized spacial score (nSPS) is 18.8. The van der Waals surface area contributed by atoms with Gasteiger partial charge in [0, 0.05) is 40.1 Å². The molecule has 0 spiro atoms. The molecule has 3 aromatic rings. The Kier molecular flexibility index (Phi) is 6.25. The number of likely N-dealkylation sites (tertiary alicyclic amines) is 1. The van der Waals surface area contributed by atoms with Crippen molar-refractivity contribution in [1.29, 1.82) is 0 Å². The van der Waals surface area contributed by atoms with Gasteiger partial charge in [0.1, 0.15) is 12.0 Å². The summed E-state index contributed by atoms with van der Waals surface area (Å²) in [7, 11) is 0. The molecule has 1 aliphatic rings. The Labute approximate surface area is 182 Å². The fourth-order valence-electron chi connectivity index (χ4n) is 4.16. The summed E-state index contributed by atoms with van der Waals surface area (Å²) in [5.41, 5.74) is 1.11. The quantitative estimate of drug-likeness (QED) is 0.477. The number of ether oxygens (including phenoxy) is 1. The van der Waals surface area contributed by atoms with Gasteiger partial charge in [-0.2, -0.15) is 13.2 Å². The van der Waals surface area contributed by atoms with Crippen molar-refractivity contribution in [3.05, 3.63) is 64.8 Å². The monoisotopic (exact) mass is 450 g/mol. The highest BCUT2D eigenvalue weighted by Gasteiger charge is 2.31. The number of benzene rings is 2. The lowest BCUT2D eigenvalue weighted by atomic mass is 9.95. The molecular weight excluding hydrogens is 429 g/mol. The topological polar surface area (TPSA) is 45.3 Å². The third-order valence-corrected chi connectivity index (χ3v) is 5.97. The van der Waals surface area contributed by atoms with E-state index in [0.29, 0.717) is 23.9 Å². The standard InChI is InChI=1S/C23H22ClF3N2O2/c24-17-5-8-21-19(10-17)20(11-28-21)22(13-30)29-9-1-2-15(12-29)14-31-18-6-3-16(4-7-18)23(25,26)27/h3-8,10-11,13,15,22,28H,1-2,9,12,14H2. The molecule has 2 aromatic carbocycles. The van der Waals surface area contributed by atoms with Crippen molar-refractivity contribution in [2.45, 2.75) is 25.1 Å². The highest BCUT2D eigenvalue weighted by atomic mass is 35.5. The Morgan fingerprint density at radius 2 is 2.00 bits per heavy atom. The van der Waals surface area contributed by atoms with Crippen molar-refractivity contribution in [2.75, 3.05) is 19.7 Å². The first-order valence-corrected chi connectivity index (χ1v) is 10.5. The van der Waals surface area contributed by atoms with E-state index in [4.69, 9.17) is 16.3 Å². The van der Waals surface area contributed by atoms with Crippen LogP contribution in [-0.4, -0.2) is 35.9 Å². The molecule has 1 aromatic heterocycles. The Bertz CT molecular complexity index is 1050. The summed E-state index contributed by atoms with van der Waals surface area (Å²) < 4.78 is 43.8. The first kappa shape index (κ1) is 21.7. The average molecular weight is 451 g/mol. The summed E-state index contributed by atoms with van der Waals surface area (Å²) in [6.45, 7) is 1.83. The van der Waals surface area contributed by atoms with Crippen LogP contribution in [-0.2, 0) is 11.0 Å². The maximum atomic E-state index is 12.7. The van der Waals surface area contributed by atoms with Gasteiger partial charge in [0.05, 0.1) is 18.2 Å². The second kappa shape index (κ2) is 8.93. The van der Waals surface area contributed by atoms with Crippen molar-refractivity contribution in [2.24, 2.45) is 5.92 Å². The lowest BCUT2D eigenvalue weighted by molar-refractivity contribution is -0.137. The van der Waals surface area contributed by atoms with Gasteiger partial charge in [0.25, 0.3) is 0 Å². The number of rotatable bonds is 6. The van der Waals surface area contributed by atoms with Gasteiger partial charge >= 0.3 is 6.18 Å². The third-order valence-electron chi connectivity index (χ3n) is 5.73. The van der Waals surface area contributed by atoms with E-state index in [1.54, 1.807) is 6.07 Å². The summed E-state index contributed by atoms with van der Waals surface area (Å²) in [4.78, 5) is 17.3. The number of hydrogen-bond acceptors (Lipinski definition) is 3. The van der Waals surface area contributed by atoms with E-state index >= 15 is 0 Å². The number of aldehydes is 1. The summed E-state index contributed by atoms with van der Waals surface area (Å²) in [6, 6.07) is 9.87. The fourth-order valence-corrected chi connectivity index (χ4v) is 4.33. The van der Waals surface area contributed by atoms with Crippen molar-refractivity contribution in [1.82, 2.24) is 9.88 Å². The molecule has 2 heterocycles. The largest absolute Gasteiger partial charge is 0.493 e. The number of fused-ring (bicyclic) bond motifs is 1. The highest BCUT2D eigenvalue weighted by molar-refractivity contribution is 6.31. The molecule has 2 atom stereocenters. The van der Waals surface area contributed by atoms with Crippen LogP contribution in [0.1, 0.15) is 30.0 Å². The minimum absolute atomic E-state index is 0.173. The van der Waals surface area contributed by atoms with Gasteiger partial charge < -0.3 is 14.5 Å². The molecule has 31 heavy (non-hydrogen) atoms. The summed E-state index contributed by atoms with van der Waals surface area (Å²) in [5, 5.41) is 1.53. The molecule has 1 aliphatic heterocycles. The third kappa shape index (κ3) is 4.88. The zero-order valence-electron chi connectivity index (χ0n) is 16.7. The molecule has 0 saturated carbocycles. The molecule has 1 saturated heterocycles. The van der Waals surface area contributed by atoms with Crippen LogP contribution in [0.4, 0.5) is 13.2 Å². The molecule has 0 radical (unpaired) electrons. The number of nitrogens with zero attached hydrogens (tertiary/aromatic N) is 1. The zero-order valence-corrected chi connectivity index (χ0v) is 17.4. The van der Waals surface area contributed by atoms with E-state index in [-0.39, 0.29) is 5.92 Å². The summed E-state index contributed by atoms with van der Waals surface area (Å²) in [6.07, 6.45) is 0.279. The second-order valence-electron chi connectivity index (χ2n) is 7.85. The number of alkyl halides is 3. The SMILES string of the molecule is O=CC(c1c[nH]c2ccc(Cl)cc12)N1CCCC(COc2ccc(C(F)(F)F)cc2)C1. The van der Waals surface area contributed by atoms with E-state index in [2.05, 4.69) is 9.88 Å². The minimum Gasteiger partial charge on any atom is -0.493 e. The maximum absolute atomic E-state index is 12.7. The first-order valence-electron chi connectivity index (χ1n) is 10.1. The zero-order chi connectivity index (χ0) is 22.0. The lowest BCUT2D eigenvalue weighted by Crippen LogP contribution is -2.40. The van der Waals surface area contributed by atoms with Crippen LogP contribution in [0, 0.1) is 5.92 Å². The van der Waals surface area contributed by atoms with E-state index in [0.717, 1.165) is 54.3 Å². The van der Waals surface area contributed by atoms with Crippen LogP contribution in [0.5, 0.6) is 5.75 Å². The highest BCUT2D eigenvalue weighted by Crippen LogP contribution is 2.33. The van der Waals surface area contributed by atoms with Gasteiger partial charge in [-0.3, -0.25) is 4.90 Å². The van der Waals surface area contributed by atoms with E-state index in [1.807, 2.05) is 18.3 Å². The Balaban J connectivity index is 1.42. The average Bonchev–Trinajstić information content (AvgIpc) is 3.16. The number of hydrogen-bond donors (Lipinski definition) is 1. The molecule has 8 heteroatoms. The molecule has 4 rings (SSSR count). The van der Waals surface area contributed by atoms with Crippen molar-refractivity contribution < 1.29 is 22.7 Å². The molecule has 2 unspecified atom stereocenters. The smallest absolute Gasteiger partial charge is 0.416 e. The molecule has 1 N–H and O–H groups in total. The molecule has 0 aliphatic carbocycles. The number of nitrogens with one attached hydrogen (secondary N) is 1. The second-order valence-corrected chi connectivity index (χ2v) is 8.29. The Morgan fingerprint density at radius 1 is 1.23 bits per heavy atom. The minimum atomic E-state index is -4.36. The van der Waals surface area contributed by atoms with E-state index in [9.17, 15) is 18.0 Å². The van der Waals surface area contributed by atoms with Crippen molar-refractivity contribution >= 4 is 28.8 Å². The fraction of sp³-hybridized carbons (Fsp3) is 0.348. The molecule has 0 amide bonds. The van der Waals surface area contributed by atoms with Gasteiger partial charge in [-0.1, -0.05) is 11.6 Å². The summed E-state index contributed by atoms with van der Waals surface area (Å²) >= 11 is 6.14. The Hall–Kier alpha value is -2.51. The van der Waals surface area contributed by atoms with Gasteiger partial charge in [-0.15, -0.1) is 0 Å². The van der Waals surface area contributed by atoms with Gasteiger partial charge in [-0.05, 0) is 61.9 Å². The van der Waals surface area contributed by atoms with Gasteiger partial charge in [0.2, 0.25) is 0 Å². The molecule has 0 bridgehead atoms. The predicted molar refractivity (Wildman–Crippen MR) is 113 cm³/mol. The number of carbonyl (C=O) groups is 1. The number of aromatic nitrogens is 1. The lowest BCUT2D eigenvalue weighted by Gasteiger charge is -2.36. The van der Waals surface area contributed by atoms with Gasteiger partial charge in [-0.25, -0.2) is 0 Å². The number of piperidine rings is 1. The predicted octanol–water partition coefficient (Wildman–Crippen LogP) is 5.87. The van der Waals surface area contributed by atoms with Crippen LogP contribution < -0.4 is 4.74 Å². The van der Waals surface area contributed by atoms with Gasteiger partial charge in [0.15, 0.2) is 0 Å². The van der Waals surface area contributed by atoms with E-state index in [1.165, 1.54) is 12.1 Å². The van der Waals surface area contributed by atoms with Crippen molar-refractivity contribution in [3.8, 4) is 5.75 Å². The number of halogens is 4. The van der Waals surface area contributed by atoms with Crippen LogP contribution in [0.2, 0.25) is 5.02 Å².